The van der Waals surface area contributed by atoms with Crippen LogP contribution in [0.2, 0.25) is 0 Å². The van der Waals surface area contributed by atoms with E-state index in [1.807, 2.05) is 78.6 Å². The Kier molecular flexibility index (Phi) is 5.80. The first kappa shape index (κ1) is 21.8. The highest BCUT2D eigenvalue weighted by molar-refractivity contribution is 6.01. The molecule has 172 valence electrons. The molecular formula is C28H27N3O3. The van der Waals surface area contributed by atoms with Crippen molar-refractivity contribution < 1.29 is 14.3 Å². The van der Waals surface area contributed by atoms with Crippen LogP contribution < -0.4 is 10.1 Å². The molecule has 6 heteroatoms. The third kappa shape index (κ3) is 3.92. The Balaban J connectivity index is 1.37. The van der Waals surface area contributed by atoms with E-state index in [1.54, 1.807) is 7.11 Å². The topological polar surface area (TPSA) is 74.4 Å². The van der Waals surface area contributed by atoms with Gasteiger partial charge in [0.25, 0.3) is 5.91 Å². The van der Waals surface area contributed by atoms with E-state index in [9.17, 15) is 9.59 Å². The van der Waals surface area contributed by atoms with Crippen LogP contribution in [0.4, 0.5) is 0 Å². The fraction of sp³-hybridized carbons (Fsp3) is 0.214. The van der Waals surface area contributed by atoms with E-state index in [4.69, 9.17) is 4.74 Å². The summed E-state index contributed by atoms with van der Waals surface area (Å²) < 4.78 is 5.25. The number of aromatic amines is 1. The number of carbonyl (C=O) groups excluding carboxylic acids is 2. The van der Waals surface area contributed by atoms with Crippen LogP contribution in [-0.4, -0.2) is 35.4 Å². The van der Waals surface area contributed by atoms with E-state index in [2.05, 4.69) is 16.4 Å². The average Bonchev–Trinajstić information content (AvgIpc) is 3.34. The summed E-state index contributed by atoms with van der Waals surface area (Å²) in [4.78, 5) is 31.4. The standard InChI is InChI=1S/C28H27N3O3/c1-18-26(23-12-5-6-13-24(23)30-18)27-21-10-3-4-11-22(21)28(33)31(27)15-14-25(32)29-17-19-8-7-9-20(16-19)34-2/h3-13,16,27,30H,14-15,17H2,1-2H3,(H,29,32). The van der Waals surface area contributed by atoms with Crippen LogP contribution in [0.25, 0.3) is 10.9 Å². The summed E-state index contributed by atoms with van der Waals surface area (Å²) in [6.45, 7) is 2.79. The first-order valence-electron chi connectivity index (χ1n) is 11.4. The summed E-state index contributed by atoms with van der Waals surface area (Å²) in [6, 6.07) is 23.3. The molecular weight excluding hydrogens is 426 g/mol. The Morgan fingerprint density at radius 1 is 1.06 bits per heavy atom. The van der Waals surface area contributed by atoms with E-state index in [0.29, 0.717) is 18.7 Å². The van der Waals surface area contributed by atoms with Crippen molar-refractivity contribution in [1.82, 2.24) is 15.2 Å². The minimum absolute atomic E-state index is 0.0362. The SMILES string of the molecule is COc1cccc(CNC(=O)CCN2C(=O)c3ccccc3C2c2c(C)[nH]c3ccccc23)c1. The summed E-state index contributed by atoms with van der Waals surface area (Å²) in [7, 11) is 1.62. The van der Waals surface area contributed by atoms with Gasteiger partial charge in [-0.2, -0.15) is 0 Å². The minimum atomic E-state index is -0.231. The van der Waals surface area contributed by atoms with Crippen molar-refractivity contribution >= 4 is 22.7 Å². The van der Waals surface area contributed by atoms with E-state index in [-0.39, 0.29) is 24.3 Å². The van der Waals surface area contributed by atoms with Gasteiger partial charge in [0.2, 0.25) is 5.91 Å². The van der Waals surface area contributed by atoms with Gasteiger partial charge >= 0.3 is 0 Å². The maximum atomic E-state index is 13.4. The number of benzene rings is 3. The molecule has 3 aromatic carbocycles. The number of rotatable bonds is 7. The molecule has 1 aliphatic rings. The number of nitrogens with one attached hydrogen (secondary N) is 2. The Morgan fingerprint density at radius 3 is 2.71 bits per heavy atom. The zero-order chi connectivity index (χ0) is 23.7. The van der Waals surface area contributed by atoms with Gasteiger partial charge in [0.15, 0.2) is 0 Å². The minimum Gasteiger partial charge on any atom is -0.497 e. The fourth-order valence-electron chi connectivity index (χ4n) is 4.86. The predicted molar refractivity (Wildman–Crippen MR) is 132 cm³/mol. The lowest BCUT2D eigenvalue weighted by Crippen LogP contribution is -2.34. The van der Waals surface area contributed by atoms with Crippen molar-refractivity contribution in [3.63, 3.8) is 0 Å². The summed E-state index contributed by atoms with van der Waals surface area (Å²) in [6.07, 6.45) is 0.224. The maximum Gasteiger partial charge on any atom is 0.255 e. The number of hydrogen-bond donors (Lipinski definition) is 2. The number of nitrogens with zero attached hydrogens (tertiary/aromatic N) is 1. The molecule has 5 rings (SSSR count). The highest BCUT2D eigenvalue weighted by Crippen LogP contribution is 2.42. The number of H-pyrrole nitrogens is 1. The van der Waals surface area contributed by atoms with Gasteiger partial charge in [-0.1, -0.05) is 48.5 Å². The molecule has 0 fully saturated rings. The van der Waals surface area contributed by atoms with Gasteiger partial charge in [-0.25, -0.2) is 0 Å². The number of carbonyl (C=O) groups is 2. The second kappa shape index (κ2) is 9.06. The van der Waals surface area contributed by atoms with Crippen LogP contribution in [0.3, 0.4) is 0 Å². The third-order valence-corrected chi connectivity index (χ3v) is 6.48. The second-order valence-corrected chi connectivity index (χ2v) is 8.58. The monoisotopic (exact) mass is 453 g/mol. The molecule has 6 nitrogen and oxygen atoms in total. The Bertz CT molecular complexity index is 1370. The largest absolute Gasteiger partial charge is 0.497 e. The van der Waals surface area contributed by atoms with Crippen molar-refractivity contribution in [3.8, 4) is 5.75 Å². The number of methoxy groups -OCH3 is 1. The molecule has 0 radical (unpaired) electrons. The molecule has 0 spiro atoms. The van der Waals surface area contributed by atoms with Gasteiger partial charge in [0.1, 0.15) is 5.75 Å². The molecule has 2 amide bonds. The Morgan fingerprint density at radius 2 is 1.85 bits per heavy atom. The molecule has 0 aliphatic carbocycles. The van der Waals surface area contributed by atoms with Crippen molar-refractivity contribution in [2.75, 3.05) is 13.7 Å². The van der Waals surface area contributed by atoms with Crippen LogP contribution in [-0.2, 0) is 11.3 Å². The van der Waals surface area contributed by atoms with Crippen LogP contribution in [0.15, 0.2) is 72.8 Å². The van der Waals surface area contributed by atoms with E-state index < -0.39 is 0 Å². The first-order chi connectivity index (χ1) is 16.6. The zero-order valence-corrected chi connectivity index (χ0v) is 19.3. The molecule has 2 N–H and O–H groups in total. The summed E-state index contributed by atoms with van der Waals surface area (Å²) >= 11 is 0. The number of hydrogen-bond acceptors (Lipinski definition) is 3. The molecule has 2 heterocycles. The summed E-state index contributed by atoms with van der Waals surface area (Å²) in [5.74, 6) is 0.621. The predicted octanol–water partition coefficient (Wildman–Crippen LogP) is 4.74. The first-order valence-corrected chi connectivity index (χ1v) is 11.4. The average molecular weight is 454 g/mol. The molecule has 1 aliphatic heterocycles. The molecule has 1 atom stereocenters. The molecule has 1 aromatic heterocycles. The van der Waals surface area contributed by atoms with Crippen molar-refractivity contribution in [2.45, 2.75) is 25.9 Å². The van der Waals surface area contributed by atoms with Gasteiger partial charge < -0.3 is 19.9 Å². The fourth-order valence-corrected chi connectivity index (χ4v) is 4.86. The molecule has 4 aromatic rings. The lowest BCUT2D eigenvalue weighted by Gasteiger charge is -2.26. The van der Waals surface area contributed by atoms with Gasteiger partial charge in [-0.05, 0) is 42.3 Å². The smallest absolute Gasteiger partial charge is 0.255 e. The maximum absolute atomic E-state index is 13.4. The highest BCUT2D eigenvalue weighted by Gasteiger charge is 2.39. The highest BCUT2D eigenvalue weighted by atomic mass is 16.5. The molecule has 1 unspecified atom stereocenters. The molecule has 0 saturated heterocycles. The number of aryl methyl sites for hydroxylation is 1. The number of amides is 2. The van der Waals surface area contributed by atoms with Crippen LogP contribution in [0, 0.1) is 6.92 Å². The second-order valence-electron chi connectivity index (χ2n) is 8.58. The van der Waals surface area contributed by atoms with E-state index in [1.165, 1.54) is 0 Å². The van der Waals surface area contributed by atoms with Gasteiger partial charge in [0.05, 0.1) is 13.2 Å². The van der Waals surface area contributed by atoms with E-state index >= 15 is 0 Å². The van der Waals surface area contributed by atoms with Crippen molar-refractivity contribution in [1.29, 1.82) is 0 Å². The number of fused-ring (bicyclic) bond motifs is 2. The Hall–Kier alpha value is -4.06. The molecule has 0 saturated carbocycles. The van der Waals surface area contributed by atoms with Gasteiger partial charge in [-0.15, -0.1) is 0 Å². The summed E-state index contributed by atoms with van der Waals surface area (Å²) in [5.41, 5.74) is 5.81. The summed E-state index contributed by atoms with van der Waals surface area (Å²) in [5, 5.41) is 4.06. The normalized spacial score (nSPS) is 14.9. The van der Waals surface area contributed by atoms with Crippen molar-refractivity contribution in [2.24, 2.45) is 0 Å². The third-order valence-electron chi connectivity index (χ3n) is 6.48. The number of ether oxygens (including phenoxy) is 1. The lowest BCUT2D eigenvalue weighted by molar-refractivity contribution is -0.121. The van der Waals surface area contributed by atoms with Crippen LogP contribution in [0.1, 0.15) is 45.2 Å². The van der Waals surface area contributed by atoms with Crippen LogP contribution in [0.5, 0.6) is 5.75 Å². The quantitative estimate of drug-likeness (QED) is 0.425. The van der Waals surface area contributed by atoms with Gasteiger partial charge in [-0.3, -0.25) is 9.59 Å². The van der Waals surface area contributed by atoms with Crippen LogP contribution >= 0.6 is 0 Å². The van der Waals surface area contributed by atoms with Crippen molar-refractivity contribution in [3.05, 3.63) is 101 Å². The molecule has 34 heavy (non-hydrogen) atoms. The molecule has 0 bridgehead atoms. The van der Waals surface area contributed by atoms with E-state index in [0.717, 1.165) is 39.0 Å². The zero-order valence-electron chi connectivity index (χ0n) is 19.3. The number of aromatic nitrogens is 1. The number of para-hydroxylation sites is 1. The van der Waals surface area contributed by atoms with Gasteiger partial charge in [0, 0.05) is 47.2 Å². The Labute approximate surface area is 198 Å². The lowest BCUT2D eigenvalue weighted by atomic mass is 9.95.